The molecule has 90 valence electrons. The molecular formula is C15H24O. The van der Waals surface area contributed by atoms with Crippen LogP contribution in [0.15, 0.2) is 30.3 Å². The van der Waals surface area contributed by atoms with Crippen LogP contribution < -0.4 is 4.74 Å². The zero-order valence-corrected chi connectivity index (χ0v) is 11.0. The van der Waals surface area contributed by atoms with Crippen LogP contribution in [0.4, 0.5) is 0 Å². The lowest BCUT2D eigenvalue weighted by molar-refractivity contribution is 0.309. The Kier molecular flexibility index (Phi) is 9.49. The van der Waals surface area contributed by atoms with Crippen LogP contribution in [-0.4, -0.2) is 6.61 Å². The fourth-order valence-electron chi connectivity index (χ4n) is 1.20. The van der Waals surface area contributed by atoms with Gasteiger partial charge < -0.3 is 4.74 Å². The zero-order chi connectivity index (χ0) is 12.2. The number of hydrogen-bond acceptors (Lipinski definition) is 1. The molecule has 0 aliphatic rings. The van der Waals surface area contributed by atoms with Gasteiger partial charge in [-0.3, -0.25) is 0 Å². The number of hydrogen-bond donors (Lipinski definition) is 0. The Balaban J connectivity index is 0.00000106. The maximum Gasteiger partial charge on any atom is 0.119 e. The molecule has 1 aromatic rings. The molecule has 1 aromatic carbocycles. The van der Waals surface area contributed by atoms with Crippen LogP contribution in [0.3, 0.4) is 0 Å². The fourth-order valence-corrected chi connectivity index (χ4v) is 1.20. The average molecular weight is 220 g/mol. The van der Waals surface area contributed by atoms with Gasteiger partial charge in [-0.05, 0) is 31.0 Å². The van der Waals surface area contributed by atoms with Crippen LogP contribution in [0, 0.1) is 0 Å². The van der Waals surface area contributed by atoms with Gasteiger partial charge in [0.1, 0.15) is 5.75 Å². The predicted molar refractivity (Wildman–Crippen MR) is 72.9 cm³/mol. The third-order valence-corrected chi connectivity index (χ3v) is 2.01. The van der Waals surface area contributed by atoms with E-state index in [1.807, 2.05) is 39.0 Å². The molecule has 0 aliphatic carbocycles. The highest BCUT2D eigenvalue weighted by atomic mass is 16.5. The number of ether oxygens (including phenoxy) is 1. The first-order chi connectivity index (χ1) is 7.86. The van der Waals surface area contributed by atoms with Crippen molar-refractivity contribution in [3.63, 3.8) is 0 Å². The first kappa shape index (κ1) is 14.8. The predicted octanol–water partition coefficient (Wildman–Crippen LogP) is 4.92. The van der Waals surface area contributed by atoms with Crippen molar-refractivity contribution in [3.8, 4) is 5.75 Å². The highest BCUT2D eigenvalue weighted by Gasteiger charge is 1.92. The fraction of sp³-hybridized carbons (Fsp3) is 0.467. The molecule has 0 heterocycles. The molecule has 0 aromatic heterocycles. The molecule has 0 saturated heterocycles. The van der Waals surface area contributed by atoms with Gasteiger partial charge in [0.2, 0.25) is 0 Å². The second-order valence-electron chi connectivity index (χ2n) is 3.27. The van der Waals surface area contributed by atoms with E-state index in [1.54, 1.807) is 0 Å². The number of unbranched alkanes of at least 4 members (excludes halogenated alkanes) is 1. The largest absolute Gasteiger partial charge is 0.494 e. The van der Waals surface area contributed by atoms with Crippen molar-refractivity contribution in [2.24, 2.45) is 0 Å². The molecule has 0 N–H and O–H groups in total. The molecule has 1 heteroatoms. The number of rotatable bonds is 5. The molecule has 0 spiro atoms. The summed E-state index contributed by atoms with van der Waals surface area (Å²) in [6, 6.07) is 8.18. The molecule has 0 unspecified atom stereocenters. The Labute approximate surface area is 100 Å². The van der Waals surface area contributed by atoms with Crippen molar-refractivity contribution < 1.29 is 4.74 Å². The maximum absolute atomic E-state index is 5.56. The standard InChI is InChI=1S/C13H18O.C2H6/c1-3-5-11-14-13-9-7-12(6-4-2)8-10-13;1-2/h4,6-10H,3,5,11H2,1-2H3;1-2H3/b6-4+;. The van der Waals surface area contributed by atoms with Crippen molar-refractivity contribution in [2.75, 3.05) is 6.61 Å². The second kappa shape index (κ2) is 10.3. The summed E-state index contributed by atoms with van der Waals surface area (Å²) in [5, 5.41) is 0. The molecule has 0 radical (unpaired) electrons. The Bertz CT molecular complexity index is 272. The lowest BCUT2D eigenvalue weighted by Crippen LogP contribution is -1.95. The Morgan fingerprint density at radius 1 is 1.12 bits per heavy atom. The van der Waals surface area contributed by atoms with Gasteiger partial charge in [0.05, 0.1) is 6.61 Å². The Morgan fingerprint density at radius 3 is 2.25 bits per heavy atom. The van der Waals surface area contributed by atoms with E-state index in [1.165, 1.54) is 12.0 Å². The van der Waals surface area contributed by atoms with E-state index in [2.05, 4.69) is 25.1 Å². The summed E-state index contributed by atoms with van der Waals surface area (Å²) >= 11 is 0. The lowest BCUT2D eigenvalue weighted by atomic mass is 10.2. The van der Waals surface area contributed by atoms with Gasteiger partial charge in [0, 0.05) is 0 Å². The van der Waals surface area contributed by atoms with Gasteiger partial charge in [-0.2, -0.15) is 0 Å². The molecular weight excluding hydrogens is 196 g/mol. The first-order valence-electron chi connectivity index (χ1n) is 6.22. The minimum Gasteiger partial charge on any atom is -0.494 e. The minimum absolute atomic E-state index is 0.819. The molecule has 1 rings (SSSR count). The number of benzene rings is 1. The van der Waals surface area contributed by atoms with Crippen LogP contribution in [-0.2, 0) is 0 Å². The molecule has 0 amide bonds. The summed E-state index contributed by atoms with van der Waals surface area (Å²) in [7, 11) is 0. The third kappa shape index (κ3) is 6.28. The normalized spacial score (nSPS) is 9.75. The highest BCUT2D eigenvalue weighted by molar-refractivity contribution is 5.50. The summed E-state index contributed by atoms with van der Waals surface area (Å²) in [5.74, 6) is 0.965. The molecule has 0 saturated carbocycles. The van der Waals surface area contributed by atoms with Crippen molar-refractivity contribution in [3.05, 3.63) is 35.9 Å². The van der Waals surface area contributed by atoms with Gasteiger partial charge in [-0.1, -0.05) is 51.5 Å². The van der Waals surface area contributed by atoms with Crippen LogP contribution in [0.5, 0.6) is 5.75 Å². The number of allylic oxidation sites excluding steroid dienone is 1. The van der Waals surface area contributed by atoms with Crippen LogP contribution in [0.2, 0.25) is 0 Å². The summed E-state index contributed by atoms with van der Waals surface area (Å²) in [5.41, 5.74) is 1.22. The van der Waals surface area contributed by atoms with Crippen molar-refractivity contribution in [1.82, 2.24) is 0 Å². The molecule has 0 aliphatic heterocycles. The Morgan fingerprint density at radius 2 is 1.75 bits per heavy atom. The lowest BCUT2D eigenvalue weighted by Gasteiger charge is -2.04. The summed E-state index contributed by atoms with van der Waals surface area (Å²) in [6.45, 7) is 9.00. The Hall–Kier alpha value is -1.24. The van der Waals surface area contributed by atoms with Crippen LogP contribution in [0.1, 0.15) is 46.1 Å². The van der Waals surface area contributed by atoms with Gasteiger partial charge in [0.15, 0.2) is 0 Å². The minimum atomic E-state index is 0.819. The van der Waals surface area contributed by atoms with Crippen molar-refractivity contribution in [1.29, 1.82) is 0 Å². The van der Waals surface area contributed by atoms with E-state index in [9.17, 15) is 0 Å². The second-order valence-corrected chi connectivity index (χ2v) is 3.27. The molecule has 0 bridgehead atoms. The highest BCUT2D eigenvalue weighted by Crippen LogP contribution is 2.13. The molecule has 0 fully saturated rings. The molecule has 1 nitrogen and oxygen atoms in total. The van der Waals surface area contributed by atoms with Gasteiger partial charge >= 0.3 is 0 Å². The third-order valence-electron chi connectivity index (χ3n) is 2.01. The monoisotopic (exact) mass is 220 g/mol. The van der Waals surface area contributed by atoms with E-state index >= 15 is 0 Å². The summed E-state index contributed by atoms with van der Waals surface area (Å²) in [4.78, 5) is 0. The smallest absolute Gasteiger partial charge is 0.119 e. The SMILES string of the molecule is C/C=C/c1ccc(OCCCC)cc1.CC. The first-order valence-corrected chi connectivity index (χ1v) is 6.22. The van der Waals surface area contributed by atoms with Gasteiger partial charge in [0.25, 0.3) is 0 Å². The van der Waals surface area contributed by atoms with E-state index in [4.69, 9.17) is 4.74 Å². The summed E-state index contributed by atoms with van der Waals surface area (Å²) < 4.78 is 5.56. The van der Waals surface area contributed by atoms with Crippen molar-refractivity contribution >= 4 is 6.08 Å². The zero-order valence-electron chi connectivity index (χ0n) is 11.0. The van der Waals surface area contributed by atoms with E-state index in [-0.39, 0.29) is 0 Å². The molecule has 0 atom stereocenters. The molecule has 16 heavy (non-hydrogen) atoms. The average Bonchev–Trinajstić information content (AvgIpc) is 2.35. The topological polar surface area (TPSA) is 9.23 Å². The van der Waals surface area contributed by atoms with E-state index in [0.29, 0.717) is 0 Å². The van der Waals surface area contributed by atoms with Crippen LogP contribution in [0.25, 0.3) is 6.08 Å². The van der Waals surface area contributed by atoms with Crippen LogP contribution >= 0.6 is 0 Å². The van der Waals surface area contributed by atoms with Gasteiger partial charge in [-0.25, -0.2) is 0 Å². The maximum atomic E-state index is 5.56. The van der Waals surface area contributed by atoms with Crippen molar-refractivity contribution in [2.45, 2.75) is 40.5 Å². The summed E-state index contributed by atoms with van der Waals surface area (Å²) in [6.07, 6.45) is 6.41. The quantitative estimate of drug-likeness (QED) is 0.640. The van der Waals surface area contributed by atoms with E-state index in [0.717, 1.165) is 18.8 Å². The van der Waals surface area contributed by atoms with Gasteiger partial charge in [-0.15, -0.1) is 0 Å². The van der Waals surface area contributed by atoms with E-state index < -0.39 is 0 Å².